The zero-order chi connectivity index (χ0) is 14.0. The Kier molecular flexibility index (Phi) is 4.13. The summed E-state index contributed by atoms with van der Waals surface area (Å²) in [4.78, 5) is 0. The molecular weight excluding hydrogens is 246 g/mol. The lowest BCUT2D eigenvalue weighted by atomic mass is 9.74. The van der Waals surface area contributed by atoms with E-state index < -0.39 is 5.60 Å². The average Bonchev–Trinajstić information content (AvgIpc) is 2.37. The minimum absolute atomic E-state index is 0.449. The summed E-state index contributed by atoms with van der Waals surface area (Å²) in [5.74, 6) is 1.39. The van der Waals surface area contributed by atoms with Crippen LogP contribution in [0.5, 0.6) is 0 Å². The third-order valence-corrected chi connectivity index (χ3v) is 5.20. The molecular formula is C18H27NO. The first-order valence-electron chi connectivity index (χ1n) is 8.15. The van der Waals surface area contributed by atoms with Crippen molar-refractivity contribution in [3.05, 3.63) is 35.9 Å². The van der Waals surface area contributed by atoms with Crippen molar-refractivity contribution in [3.8, 4) is 0 Å². The Morgan fingerprint density at radius 3 is 2.70 bits per heavy atom. The molecule has 2 heteroatoms. The van der Waals surface area contributed by atoms with Gasteiger partial charge in [0.05, 0.1) is 5.60 Å². The molecule has 0 aromatic heterocycles. The summed E-state index contributed by atoms with van der Waals surface area (Å²) in [6.45, 7) is 3.04. The van der Waals surface area contributed by atoms with Crippen LogP contribution in [0.25, 0.3) is 0 Å². The molecule has 2 aliphatic carbocycles. The highest BCUT2D eigenvalue weighted by molar-refractivity contribution is 5.22. The van der Waals surface area contributed by atoms with Crippen LogP contribution in [0.15, 0.2) is 30.3 Å². The quantitative estimate of drug-likeness (QED) is 0.880. The first-order valence-corrected chi connectivity index (χ1v) is 8.15. The van der Waals surface area contributed by atoms with Crippen molar-refractivity contribution < 1.29 is 5.11 Å². The predicted octanol–water partition coefficient (Wildman–Crippen LogP) is 3.46. The average molecular weight is 273 g/mol. The van der Waals surface area contributed by atoms with Gasteiger partial charge in [-0.05, 0) is 43.1 Å². The molecule has 0 bridgehead atoms. The molecule has 0 aliphatic heterocycles. The van der Waals surface area contributed by atoms with E-state index in [-0.39, 0.29) is 0 Å². The molecule has 0 saturated heterocycles. The van der Waals surface area contributed by atoms with E-state index in [0.717, 1.165) is 19.4 Å². The van der Waals surface area contributed by atoms with Crippen molar-refractivity contribution in [1.82, 2.24) is 5.32 Å². The van der Waals surface area contributed by atoms with E-state index in [9.17, 15) is 5.11 Å². The van der Waals surface area contributed by atoms with Crippen molar-refractivity contribution >= 4 is 0 Å². The van der Waals surface area contributed by atoms with Gasteiger partial charge in [0.2, 0.25) is 0 Å². The van der Waals surface area contributed by atoms with Crippen LogP contribution in [-0.2, 0) is 0 Å². The monoisotopic (exact) mass is 273 g/mol. The molecule has 110 valence electrons. The lowest BCUT2D eigenvalue weighted by molar-refractivity contribution is -0.0162. The second-order valence-corrected chi connectivity index (χ2v) is 7.08. The third kappa shape index (κ3) is 3.24. The lowest BCUT2D eigenvalue weighted by Crippen LogP contribution is -2.50. The standard InChI is InChI=1S/C18H27NO/c1-14-6-5-9-18(20,12-14)13-19-17-10-16(11-17)15-7-3-2-4-8-15/h2-4,7-8,14,16-17,19-20H,5-6,9-13H2,1H3. The second kappa shape index (κ2) is 5.87. The summed E-state index contributed by atoms with van der Waals surface area (Å²) in [5.41, 5.74) is 1.02. The van der Waals surface area contributed by atoms with Gasteiger partial charge in [-0.15, -0.1) is 0 Å². The van der Waals surface area contributed by atoms with Crippen molar-refractivity contribution in [2.75, 3.05) is 6.54 Å². The Morgan fingerprint density at radius 2 is 2.00 bits per heavy atom. The Balaban J connectivity index is 1.43. The smallest absolute Gasteiger partial charge is 0.0774 e. The number of hydrogen-bond acceptors (Lipinski definition) is 2. The number of hydrogen-bond donors (Lipinski definition) is 2. The molecule has 2 atom stereocenters. The van der Waals surface area contributed by atoms with E-state index in [1.807, 2.05) is 0 Å². The highest BCUT2D eigenvalue weighted by Crippen LogP contribution is 2.37. The summed E-state index contributed by atoms with van der Waals surface area (Å²) in [6.07, 6.45) is 6.83. The molecule has 2 nitrogen and oxygen atoms in total. The minimum Gasteiger partial charge on any atom is -0.389 e. The fourth-order valence-electron chi connectivity index (χ4n) is 3.91. The van der Waals surface area contributed by atoms with Crippen molar-refractivity contribution in [2.24, 2.45) is 5.92 Å². The van der Waals surface area contributed by atoms with Crippen LogP contribution in [0.1, 0.15) is 56.9 Å². The topological polar surface area (TPSA) is 32.3 Å². The van der Waals surface area contributed by atoms with Crippen molar-refractivity contribution in [2.45, 2.75) is 63.0 Å². The highest BCUT2D eigenvalue weighted by Gasteiger charge is 2.35. The van der Waals surface area contributed by atoms with Gasteiger partial charge >= 0.3 is 0 Å². The summed E-state index contributed by atoms with van der Waals surface area (Å²) >= 11 is 0. The Bertz CT molecular complexity index is 426. The van der Waals surface area contributed by atoms with E-state index in [1.54, 1.807) is 0 Å². The highest BCUT2D eigenvalue weighted by atomic mass is 16.3. The molecule has 0 radical (unpaired) electrons. The van der Waals surface area contributed by atoms with E-state index in [1.165, 1.54) is 31.2 Å². The fourth-order valence-corrected chi connectivity index (χ4v) is 3.91. The van der Waals surface area contributed by atoms with Crippen molar-refractivity contribution in [1.29, 1.82) is 0 Å². The molecule has 1 aromatic carbocycles. The SMILES string of the molecule is CC1CCCC(O)(CNC2CC(c3ccccc3)C2)C1. The number of benzene rings is 1. The summed E-state index contributed by atoms with van der Waals surface area (Å²) in [5, 5.41) is 14.2. The molecule has 0 heterocycles. The molecule has 0 spiro atoms. The van der Waals surface area contributed by atoms with Crippen LogP contribution in [0.3, 0.4) is 0 Å². The van der Waals surface area contributed by atoms with Gasteiger partial charge in [-0.25, -0.2) is 0 Å². The van der Waals surface area contributed by atoms with Crippen LogP contribution in [0.2, 0.25) is 0 Å². The van der Waals surface area contributed by atoms with Gasteiger partial charge in [-0.1, -0.05) is 50.1 Å². The van der Waals surface area contributed by atoms with Crippen LogP contribution >= 0.6 is 0 Å². The van der Waals surface area contributed by atoms with E-state index in [2.05, 4.69) is 42.6 Å². The first kappa shape index (κ1) is 14.1. The maximum atomic E-state index is 10.6. The number of nitrogens with one attached hydrogen (secondary N) is 1. The summed E-state index contributed by atoms with van der Waals surface area (Å²) in [6, 6.07) is 11.4. The van der Waals surface area contributed by atoms with Gasteiger partial charge in [0.25, 0.3) is 0 Å². The summed E-state index contributed by atoms with van der Waals surface area (Å²) in [7, 11) is 0. The molecule has 2 fully saturated rings. The minimum atomic E-state index is -0.449. The Labute approximate surface area is 122 Å². The third-order valence-electron chi connectivity index (χ3n) is 5.20. The first-order chi connectivity index (χ1) is 9.65. The Morgan fingerprint density at radius 1 is 1.25 bits per heavy atom. The lowest BCUT2D eigenvalue weighted by Gasteiger charge is -2.41. The number of aliphatic hydroxyl groups is 1. The maximum absolute atomic E-state index is 10.6. The van der Waals surface area contributed by atoms with Gasteiger partial charge in [0.1, 0.15) is 0 Å². The second-order valence-electron chi connectivity index (χ2n) is 7.08. The molecule has 0 amide bonds. The summed E-state index contributed by atoms with van der Waals surface area (Å²) < 4.78 is 0. The molecule has 2 saturated carbocycles. The molecule has 2 N–H and O–H groups in total. The van der Waals surface area contributed by atoms with E-state index in [0.29, 0.717) is 17.9 Å². The number of rotatable bonds is 4. The molecule has 20 heavy (non-hydrogen) atoms. The predicted molar refractivity (Wildman–Crippen MR) is 82.8 cm³/mol. The maximum Gasteiger partial charge on any atom is 0.0774 e. The normalized spacial score (nSPS) is 37.4. The molecule has 3 rings (SSSR count). The van der Waals surface area contributed by atoms with Crippen LogP contribution in [-0.4, -0.2) is 23.3 Å². The largest absolute Gasteiger partial charge is 0.389 e. The Hall–Kier alpha value is -0.860. The zero-order valence-corrected chi connectivity index (χ0v) is 12.5. The fraction of sp³-hybridized carbons (Fsp3) is 0.667. The van der Waals surface area contributed by atoms with Gasteiger partial charge < -0.3 is 10.4 Å². The van der Waals surface area contributed by atoms with Crippen LogP contribution < -0.4 is 5.32 Å². The molecule has 1 aromatic rings. The van der Waals surface area contributed by atoms with Crippen LogP contribution in [0.4, 0.5) is 0 Å². The van der Waals surface area contributed by atoms with Gasteiger partial charge in [0, 0.05) is 12.6 Å². The van der Waals surface area contributed by atoms with Crippen LogP contribution in [0, 0.1) is 5.92 Å². The van der Waals surface area contributed by atoms with Gasteiger partial charge in [-0.2, -0.15) is 0 Å². The molecule has 2 aliphatic rings. The van der Waals surface area contributed by atoms with Gasteiger partial charge in [0.15, 0.2) is 0 Å². The van der Waals surface area contributed by atoms with E-state index >= 15 is 0 Å². The molecule has 2 unspecified atom stereocenters. The zero-order valence-electron chi connectivity index (χ0n) is 12.5. The van der Waals surface area contributed by atoms with Crippen molar-refractivity contribution in [3.63, 3.8) is 0 Å². The van der Waals surface area contributed by atoms with Gasteiger partial charge in [-0.3, -0.25) is 0 Å². The van der Waals surface area contributed by atoms with E-state index in [4.69, 9.17) is 0 Å².